The summed E-state index contributed by atoms with van der Waals surface area (Å²) < 4.78 is 0. The van der Waals surface area contributed by atoms with Crippen LogP contribution in [0.15, 0.2) is 48.5 Å². The Bertz CT molecular complexity index is 993. The zero-order valence-electron chi connectivity index (χ0n) is 13.7. The highest BCUT2D eigenvalue weighted by Gasteiger charge is 2.51. The maximum absolute atomic E-state index is 12.8. The lowest BCUT2D eigenvalue weighted by Crippen LogP contribution is -2.47. The molecule has 0 aromatic heterocycles. The van der Waals surface area contributed by atoms with Crippen LogP contribution in [0.4, 0.5) is 5.69 Å². The van der Waals surface area contributed by atoms with Crippen molar-refractivity contribution in [2.24, 2.45) is 5.41 Å². The summed E-state index contributed by atoms with van der Waals surface area (Å²) in [6.07, 6.45) is -0.615. The van der Waals surface area contributed by atoms with Gasteiger partial charge in [-0.25, -0.2) is 0 Å². The summed E-state index contributed by atoms with van der Waals surface area (Å²) in [4.78, 5) is 60.8. The Kier molecular flexibility index (Phi) is 4.07. The molecule has 2 aromatic carbocycles. The van der Waals surface area contributed by atoms with Crippen LogP contribution in [0, 0.1) is 15.5 Å². The lowest BCUT2D eigenvalue weighted by Gasteiger charge is -2.30. The molecular weight excluding hydrogens is 338 g/mol. The summed E-state index contributed by atoms with van der Waals surface area (Å²) >= 11 is 0. The minimum absolute atomic E-state index is 0.0121. The van der Waals surface area contributed by atoms with E-state index in [2.05, 4.69) is 0 Å². The zero-order valence-corrected chi connectivity index (χ0v) is 13.7. The van der Waals surface area contributed by atoms with Crippen LogP contribution in [0.5, 0.6) is 0 Å². The molecule has 0 unspecified atom stereocenters. The second-order valence-electron chi connectivity index (χ2n) is 6.24. The normalized spacial score (nSPS) is 19.2. The van der Waals surface area contributed by atoms with Gasteiger partial charge in [0.25, 0.3) is 5.69 Å². The lowest BCUT2D eigenvalue weighted by molar-refractivity contribution is -0.385. The average Bonchev–Trinajstić information content (AvgIpc) is 2.65. The molecule has 0 bridgehead atoms. The van der Waals surface area contributed by atoms with E-state index in [0.29, 0.717) is 0 Å². The summed E-state index contributed by atoms with van der Waals surface area (Å²) in [6, 6.07) is 11.2. The van der Waals surface area contributed by atoms with E-state index in [1.807, 2.05) is 0 Å². The Morgan fingerprint density at radius 2 is 1.54 bits per heavy atom. The van der Waals surface area contributed by atoms with Crippen molar-refractivity contribution < 1.29 is 24.1 Å². The molecule has 1 aliphatic rings. The molecular formula is C19H13NO6. The number of hydrogen-bond acceptors (Lipinski definition) is 6. The van der Waals surface area contributed by atoms with Gasteiger partial charge in [0, 0.05) is 23.6 Å². The minimum atomic E-state index is -1.88. The lowest BCUT2D eigenvalue weighted by atomic mass is 9.67. The largest absolute Gasteiger partial charge is 0.294 e. The smallest absolute Gasteiger partial charge is 0.280 e. The highest BCUT2D eigenvalue weighted by molar-refractivity contribution is 6.53. The molecule has 2 aromatic rings. The van der Waals surface area contributed by atoms with Crippen LogP contribution in [-0.4, -0.2) is 28.1 Å². The first-order chi connectivity index (χ1) is 12.3. The molecule has 0 saturated carbocycles. The fourth-order valence-corrected chi connectivity index (χ4v) is 3.10. The summed E-state index contributed by atoms with van der Waals surface area (Å²) in [6.45, 7) is 1.23. The van der Waals surface area contributed by atoms with Gasteiger partial charge in [0.15, 0.2) is 11.6 Å². The van der Waals surface area contributed by atoms with E-state index in [1.54, 1.807) is 12.1 Å². The standard InChI is InChI=1S/C19H13NO6/c1-19(10-15(21)13-8-4-5-9-14(13)20(25)26)17(23)12-7-3-2-6-11(12)16(22)18(19)24/h2-9H,10H2,1H3/t19-/m0/s1. The first-order valence-electron chi connectivity index (χ1n) is 7.77. The second kappa shape index (κ2) is 6.11. The molecule has 7 nitrogen and oxygen atoms in total. The van der Waals surface area contributed by atoms with Gasteiger partial charge >= 0.3 is 0 Å². The van der Waals surface area contributed by atoms with Crippen LogP contribution < -0.4 is 0 Å². The van der Waals surface area contributed by atoms with Crippen molar-refractivity contribution in [3.8, 4) is 0 Å². The van der Waals surface area contributed by atoms with Crippen molar-refractivity contribution in [2.75, 3.05) is 0 Å². The molecule has 3 rings (SSSR count). The SMILES string of the molecule is C[C@@]1(CC(=O)c2ccccc2[N+](=O)[O-])C(=O)C(=O)c2ccccc2C1=O. The van der Waals surface area contributed by atoms with Gasteiger partial charge < -0.3 is 0 Å². The van der Waals surface area contributed by atoms with Crippen LogP contribution in [0.2, 0.25) is 0 Å². The quantitative estimate of drug-likeness (QED) is 0.275. The maximum Gasteiger partial charge on any atom is 0.280 e. The minimum Gasteiger partial charge on any atom is -0.294 e. The van der Waals surface area contributed by atoms with Gasteiger partial charge in [0.2, 0.25) is 11.6 Å². The Labute approximate surface area is 147 Å². The highest BCUT2D eigenvalue weighted by atomic mass is 16.6. The number of ketones is 4. The number of Topliss-reactive ketones (excluding diaryl/α,β-unsaturated/α-hetero) is 4. The molecule has 0 N–H and O–H groups in total. The third kappa shape index (κ3) is 2.54. The molecule has 0 aliphatic heterocycles. The number of nitro groups is 1. The predicted molar refractivity (Wildman–Crippen MR) is 90.3 cm³/mol. The fraction of sp³-hybridized carbons (Fsp3) is 0.158. The number of hydrogen-bond donors (Lipinski definition) is 0. The van der Waals surface area contributed by atoms with Gasteiger partial charge in [-0.2, -0.15) is 0 Å². The number of rotatable bonds is 4. The van der Waals surface area contributed by atoms with E-state index in [0.717, 1.165) is 0 Å². The van der Waals surface area contributed by atoms with Gasteiger partial charge in [-0.3, -0.25) is 29.3 Å². The van der Waals surface area contributed by atoms with Crippen LogP contribution in [-0.2, 0) is 4.79 Å². The van der Waals surface area contributed by atoms with E-state index >= 15 is 0 Å². The Morgan fingerprint density at radius 1 is 0.962 bits per heavy atom. The second-order valence-corrected chi connectivity index (χ2v) is 6.24. The number of para-hydroxylation sites is 1. The summed E-state index contributed by atoms with van der Waals surface area (Å²) in [5, 5.41) is 11.1. The van der Waals surface area contributed by atoms with E-state index < -0.39 is 45.6 Å². The van der Waals surface area contributed by atoms with E-state index in [4.69, 9.17) is 0 Å². The van der Waals surface area contributed by atoms with Gasteiger partial charge in [-0.15, -0.1) is 0 Å². The molecule has 0 spiro atoms. The van der Waals surface area contributed by atoms with Gasteiger partial charge in [0.1, 0.15) is 5.41 Å². The maximum atomic E-state index is 12.8. The fourth-order valence-electron chi connectivity index (χ4n) is 3.10. The van der Waals surface area contributed by atoms with Crippen LogP contribution >= 0.6 is 0 Å². The van der Waals surface area contributed by atoms with Crippen molar-refractivity contribution >= 4 is 28.8 Å². The molecule has 7 heteroatoms. The van der Waals surface area contributed by atoms with Crippen molar-refractivity contribution in [3.63, 3.8) is 0 Å². The van der Waals surface area contributed by atoms with E-state index in [-0.39, 0.29) is 16.7 Å². The summed E-state index contributed by atoms with van der Waals surface area (Å²) in [5.74, 6) is -3.19. The topological polar surface area (TPSA) is 111 Å². The molecule has 1 atom stereocenters. The zero-order chi connectivity index (χ0) is 19.1. The van der Waals surface area contributed by atoms with Gasteiger partial charge in [-0.05, 0) is 13.0 Å². The molecule has 130 valence electrons. The van der Waals surface area contributed by atoms with Gasteiger partial charge in [-0.1, -0.05) is 36.4 Å². The number of nitro benzene ring substituents is 1. The van der Waals surface area contributed by atoms with Crippen molar-refractivity contribution in [1.29, 1.82) is 0 Å². The van der Waals surface area contributed by atoms with Crippen molar-refractivity contribution in [2.45, 2.75) is 13.3 Å². The molecule has 0 fully saturated rings. The molecule has 0 radical (unpaired) electrons. The summed E-state index contributed by atoms with van der Waals surface area (Å²) in [7, 11) is 0. The van der Waals surface area contributed by atoms with Gasteiger partial charge in [0.05, 0.1) is 10.5 Å². The first-order valence-corrected chi connectivity index (χ1v) is 7.77. The monoisotopic (exact) mass is 351 g/mol. The van der Waals surface area contributed by atoms with Crippen LogP contribution in [0.3, 0.4) is 0 Å². The molecule has 0 amide bonds. The van der Waals surface area contributed by atoms with Crippen molar-refractivity contribution in [1.82, 2.24) is 0 Å². The number of fused-ring (bicyclic) bond motifs is 1. The predicted octanol–water partition coefficient (Wildman–Crippen LogP) is 2.82. The Balaban J connectivity index is 2.03. The molecule has 0 heterocycles. The first kappa shape index (κ1) is 17.3. The molecule has 1 aliphatic carbocycles. The third-order valence-electron chi connectivity index (χ3n) is 4.54. The number of carbonyl (C=O) groups is 4. The Hall–Kier alpha value is -3.48. The molecule has 26 heavy (non-hydrogen) atoms. The van der Waals surface area contributed by atoms with Crippen molar-refractivity contribution in [3.05, 3.63) is 75.3 Å². The highest BCUT2D eigenvalue weighted by Crippen LogP contribution is 2.37. The number of benzene rings is 2. The third-order valence-corrected chi connectivity index (χ3v) is 4.54. The van der Waals surface area contributed by atoms with Crippen LogP contribution in [0.1, 0.15) is 44.4 Å². The number of nitrogens with zero attached hydrogens (tertiary/aromatic N) is 1. The van der Waals surface area contributed by atoms with E-state index in [9.17, 15) is 29.3 Å². The molecule has 0 saturated heterocycles. The number of carbonyl (C=O) groups excluding carboxylic acids is 4. The van der Waals surface area contributed by atoms with E-state index in [1.165, 1.54) is 43.3 Å². The Morgan fingerprint density at radius 3 is 2.19 bits per heavy atom. The summed E-state index contributed by atoms with van der Waals surface area (Å²) in [5.41, 5.74) is -2.41. The average molecular weight is 351 g/mol. The van der Waals surface area contributed by atoms with Crippen LogP contribution in [0.25, 0.3) is 0 Å².